The van der Waals surface area contributed by atoms with Gasteiger partial charge in [0.1, 0.15) is 0 Å². The first kappa shape index (κ1) is 15.8. The summed E-state index contributed by atoms with van der Waals surface area (Å²) in [5.41, 5.74) is 7.55. The van der Waals surface area contributed by atoms with Crippen LogP contribution in [0, 0.1) is 5.41 Å². The number of amides is 1. The number of hydrogen-bond acceptors (Lipinski definition) is 3. The van der Waals surface area contributed by atoms with Gasteiger partial charge in [-0.1, -0.05) is 25.7 Å². The Hall–Kier alpha value is -1.55. The molecule has 1 amide bonds. The molecular weight excluding hydrogens is 262 g/mol. The second kappa shape index (κ2) is 6.94. The maximum Gasteiger partial charge on any atom is 0.231 e. The topological polar surface area (TPSA) is 58.4 Å². The van der Waals surface area contributed by atoms with Crippen LogP contribution in [0.4, 0.5) is 11.4 Å². The molecule has 1 aromatic rings. The Morgan fingerprint density at radius 3 is 2.19 bits per heavy atom. The Labute approximate surface area is 127 Å². The van der Waals surface area contributed by atoms with Crippen molar-refractivity contribution in [2.75, 3.05) is 30.9 Å². The molecule has 1 aliphatic carbocycles. The van der Waals surface area contributed by atoms with Gasteiger partial charge in [0.05, 0.1) is 5.41 Å². The van der Waals surface area contributed by atoms with Gasteiger partial charge in [0.15, 0.2) is 0 Å². The molecule has 3 N–H and O–H groups in total. The minimum Gasteiger partial charge on any atom is -0.378 e. The number of nitrogens with zero attached hydrogens (tertiary/aromatic N) is 1. The lowest BCUT2D eigenvalue weighted by atomic mass is 9.79. The highest BCUT2D eigenvalue weighted by molar-refractivity contribution is 5.95. The molecule has 0 unspecified atom stereocenters. The van der Waals surface area contributed by atoms with E-state index in [4.69, 9.17) is 5.73 Å². The highest BCUT2D eigenvalue weighted by Gasteiger charge is 2.37. The number of benzene rings is 1. The summed E-state index contributed by atoms with van der Waals surface area (Å²) in [4.78, 5) is 14.7. The molecule has 1 aliphatic rings. The van der Waals surface area contributed by atoms with Crippen LogP contribution in [0.25, 0.3) is 0 Å². The van der Waals surface area contributed by atoms with Crippen LogP contribution in [0.3, 0.4) is 0 Å². The Bertz CT molecular complexity index is 459. The number of hydrogen-bond donors (Lipinski definition) is 2. The molecule has 1 aromatic carbocycles. The molecule has 0 bridgehead atoms. The zero-order valence-corrected chi connectivity index (χ0v) is 13.2. The van der Waals surface area contributed by atoms with Gasteiger partial charge in [-0.25, -0.2) is 0 Å². The van der Waals surface area contributed by atoms with E-state index in [0.717, 1.165) is 37.1 Å². The first-order chi connectivity index (χ1) is 10.1. The molecular formula is C17H27N3O. The van der Waals surface area contributed by atoms with Crippen LogP contribution >= 0.6 is 0 Å². The van der Waals surface area contributed by atoms with E-state index in [1.807, 2.05) is 43.3 Å². The highest BCUT2D eigenvalue weighted by Crippen LogP contribution is 2.35. The Kier molecular flexibility index (Phi) is 5.23. The lowest BCUT2D eigenvalue weighted by Crippen LogP contribution is -2.42. The Balaban J connectivity index is 2.08. The third kappa shape index (κ3) is 3.76. The molecule has 0 spiro atoms. The standard InChI is InChI=1S/C17H27N3O/c1-20(2)15-9-7-14(8-10-15)19-16(21)17(13-18)11-5-3-4-6-12-17/h7-10H,3-6,11-13,18H2,1-2H3,(H,19,21). The molecule has 0 atom stereocenters. The molecule has 1 fully saturated rings. The second-order valence-electron chi connectivity index (χ2n) is 6.29. The van der Waals surface area contributed by atoms with E-state index in [9.17, 15) is 4.79 Å². The van der Waals surface area contributed by atoms with Crippen molar-refractivity contribution in [2.24, 2.45) is 11.1 Å². The van der Waals surface area contributed by atoms with Gasteiger partial charge in [-0.2, -0.15) is 0 Å². The SMILES string of the molecule is CN(C)c1ccc(NC(=O)C2(CN)CCCCCC2)cc1. The molecule has 4 nitrogen and oxygen atoms in total. The van der Waals surface area contributed by atoms with Crippen molar-refractivity contribution in [1.29, 1.82) is 0 Å². The van der Waals surface area contributed by atoms with Crippen molar-refractivity contribution < 1.29 is 4.79 Å². The summed E-state index contributed by atoms with van der Waals surface area (Å²) in [6.07, 6.45) is 6.45. The zero-order chi connectivity index (χ0) is 15.3. The predicted octanol–water partition coefficient (Wildman–Crippen LogP) is 2.99. The van der Waals surface area contributed by atoms with Crippen molar-refractivity contribution in [3.8, 4) is 0 Å². The van der Waals surface area contributed by atoms with Crippen molar-refractivity contribution in [3.63, 3.8) is 0 Å². The number of rotatable bonds is 4. The molecule has 0 aliphatic heterocycles. The fourth-order valence-corrected chi connectivity index (χ4v) is 3.04. The van der Waals surface area contributed by atoms with E-state index >= 15 is 0 Å². The van der Waals surface area contributed by atoms with E-state index in [-0.39, 0.29) is 11.3 Å². The maximum atomic E-state index is 12.7. The van der Waals surface area contributed by atoms with Gasteiger partial charge < -0.3 is 16.0 Å². The highest BCUT2D eigenvalue weighted by atomic mass is 16.2. The average molecular weight is 289 g/mol. The maximum absolute atomic E-state index is 12.7. The average Bonchev–Trinajstić information content (AvgIpc) is 2.74. The normalized spacial score (nSPS) is 17.9. The van der Waals surface area contributed by atoms with Gasteiger partial charge in [-0.05, 0) is 37.1 Å². The van der Waals surface area contributed by atoms with Gasteiger partial charge in [-0.3, -0.25) is 4.79 Å². The zero-order valence-electron chi connectivity index (χ0n) is 13.2. The Morgan fingerprint density at radius 2 is 1.71 bits per heavy atom. The minimum absolute atomic E-state index is 0.0875. The van der Waals surface area contributed by atoms with Crippen LogP contribution in [-0.4, -0.2) is 26.5 Å². The van der Waals surface area contributed by atoms with Crippen LogP contribution in [0.2, 0.25) is 0 Å². The molecule has 0 aromatic heterocycles. The van der Waals surface area contributed by atoms with Crippen LogP contribution in [0.1, 0.15) is 38.5 Å². The third-order valence-corrected chi connectivity index (χ3v) is 4.57. The van der Waals surface area contributed by atoms with E-state index in [0.29, 0.717) is 6.54 Å². The van der Waals surface area contributed by atoms with Crippen LogP contribution in [0.5, 0.6) is 0 Å². The van der Waals surface area contributed by atoms with E-state index in [2.05, 4.69) is 5.32 Å². The van der Waals surface area contributed by atoms with Gasteiger partial charge in [0.25, 0.3) is 0 Å². The smallest absolute Gasteiger partial charge is 0.231 e. The van der Waals surface area contributed by atoms with Crippen molar-refractivity contribution >= 4 is 17.3 Å². The molecule has 2 rings (SSSR count). The largest absolute Gasteiger partial charge is 0.378 e. The van der Waals surface area contributed by atoms with Crippen molar-refractivity contribution in [3.05, 3.63) is 24.3 Å². The van der Waals surface area contributed by atoms with Gasteiger partial charge in [0.2, 0.25) is 5.91 Å². The first-order valence-corrected chi connectivity index (χ1v) is 7.86. The molecule has 4 heteroatoms. The number of nitrogens with one attached hydrogen (secondary N) is 1. The Morgan fingerprint density at radius 1 is 1.14 bits per heavy atom. The third-order valence-electron chi connectivity index (χ3n) is 4.57. The van der Waals surface area contributed by atoms with E-state index in [1.165, 1.54) is 12.8 Å². The fourth-order valence-electron chi connectivity index (χ4n) is 3.04. The molecule has 1 saturated carbocycles. The van der Waals surface area contributed by atoms with Crippen LogP contribution in [-0.2, 0) is 4.79 Å². The number of carbonyl (C=O) groups is 1. The number of nitrogens with two attached hydrogens (primary N) is 1. The van der Waals surface area contributed by atoms with Crippen LogP contribution < -0.4 is 16.0 Å². The molecule has 0 heterocycles. The minimum atomic E-state index is -0.378. The summed E-state index contributed by atoms with van der Waals surface area (Å²) in [6, 6.07) is 7.93. The van der Waals surface area contributed by atoms with E-state index < -0.39 is 0 Å². The molecule has 116 valence electrons. The van der Waals surface area contributed by atoms with Gasteiger partial charge >= 0.3 is 0 Å². The molecule has 21 heavy (non-hydrogen) atoms. The molecule has 0 radical (unpaired) electrons. The lowest BCUT2D eigenvalue weighted by Gasteiger charge is -2.30. The van der Waals surface area contributed by atoms with Gasteiger partial charge in [0, 0.05) is 32.0 Å². The fraction of sp³-hybridized carbons (Fsp3) is 0.588. The quantitative estimate of drug-likeness (QED) is 0.838. The van der Waals surface area contributed by atoms with Crippen LogP contribution in [0.15, 0.2) is 24.3 Å². The predicted molar refractivity (Wildman–Crippen MR) is 88.6 cm³/mol. The first-order valence-electron chi connectivity index (χ1n) is 7.86. The summed E-state index contributed by atoms with van der Waals surface area (Å²) in [5, 5.41) is 3.06. The summed E-state index contributed by atoms with van der Waals surface area (Å²) >= 11 is 0. The summed E-state index contributed by atoms with van der Waals surface area (Å²) in [5.74, 6) is 0.0875. The lowest BCUT2D eigenvalue weighted by molar-refractivity contribution is -0.125. The van der Waals surface area contributed by atoms with Crippen molar-refractivity contribution in [2.45, 2.75) is 38.5 Å². The summed E-state index contributed by atoms with van der Waals surface area (Å²) in [7, 11) is 4.01. The summed E-state index contributed by atoms with van der Waals surface area (Å²) < 4.78 is 0. The van der Waals surface area contributed by atoms with E-state index in [1.54, 1.807) is 0 Å². The van der Waals surface area contributed by atoms with Crippen molar-refractivity contribution in [1.82, 2.24) is 0 Å². The number of anilines is 2. The molecule has 0 saturated heterocycles. The second-order valence-corrected chi connectivity index (χ2v) is 6.29. The summed E-state index contributed by atoms with van der Waals surface area (Å²) in [6.45, 7) is 0.439. The number of carbonyl (C=O) groups excluding carboxylic acids is 1. The monoisotopic (exact) mass is 289 g/mol. The van der Waals surface area contributed by atoms with Gasteiger partial charge in [-0.15, -0.1) is 0 Å².